The molecule has 1 aliphatic rings. The maximum Gasteiger partial charge on any atom is 0.241 e. The Hall–Kier alpha value is -2.09. The van der Waals surface area contributed by atoms with Gasteiger partial charge >= 0.3 is 0 Å². The highest BCUT2D eigenvalue weighted by Crippen LogP contribution is 2.25. The molecule has 0 amide bonds. The molecule has 7 heteroatoms. The van der Waals surface area contributed by atoms with Gasteiger partial charge in [0, 0.05) is 37.8 Å². The Labute approximate surface area is 141 Å². The van der Waals surface area contributed by atoms with Gasteiger partial charge in [-0.3, -0.25) is 0 Å². The predicted molar refractivity (Wildman–Crippen MR) is 90.6 cm³/mol. The molecule has 0 aromatic heterocycles. The normalized spacial score (nSPS) is 13.6. The molecule has 0 atom stereocenters. The fraction of sp³-hybridized carbons (Fsp3) is 0.294. The van der Waals surface area contributed by atoms with E-state index in [9.17, 15) is 8.42 Å². The number of ether oxygens (including phenoxy) is 2. The first-order chi connectivity index (χ1) is 11.5. The quantitative estimate of drug-likeness (QED) is 0.832. The predicted octanol–water partition coefficient (Wildman–Crippen LogP) is 1.79. The van der Waals surface area contributed by atoms with E-state index in [0.29, 0.717) is 11.5 Å². The molecular formula is C17H20N2O4S. The third-order valence-corrected chi connectivity index (χ3v) is 5.38. The Morgan fingerprint density at radius 3 is 2.33 bits per heavy atom. The van der Waals surface area contributed by atoms with Gasteiger partial charge in [0.15, 0.2) is 0 Å². The van der Waals surface area contributed by atoms with Gasteiger partial charge in [-0.25, -0.2) is 13.1 Å². The van der Waals surface area contributed by atoms with E-state index in [1.165, 1.54) is 37.5 Å². The number of hydrogen-bond donors (Lipinski definition) is 2. The van der Waals surface area contributed by atoms with Crippen LogP contribution < -0.4 is 19.5 Å². The highest BCUT2D eigenvalue weighted by molar-refractivity contribution is 7.89. The van der Waals surface area contributed by atoms with Gasteiger partial charge in [-0.15, -0.1) is 0 Å². The van der Waals surface area contributed by atoms with E-state index in [-0.39, 0.29) is 11.4 Å². The monoisotopic (exact) mass is 348 g/mol. The summed E-state index contributed by atoms with van der Waals surface area (Å²) >= 11 is 0. The zero-order valence-corrected chi connectivity index (χ0v) is 14.4. The van der Waals surface area contributed by atoms with Crippen LogP contribution in [0.1, 0.15) is 16.7 Å². The largest absolute Gasteiger partial charge is 0.497 e. The van der Waals surface area contributed by atoms with Crippen molar-refractivity contribution in [1.29, 1.82) is 0 Å². The summed E-state index contributed by atoms with van der Waals surface area (Å²) in [7, 11) is -0.697. The molecule has 6 nitrogen and oxygen atoms in total. The van der Waals surface area contributed by atoms with E-state index in [1.807, 2.05) is 18.2 Å². The van der Waals surface area contributed by atoms with Crippen molar-refractivity contribution < 1.29 is 17.9 Å². The Bertz CT molecular complexity index is 827. The molecule has 0 fully saturated rings. The minimum Gasteiger partial charge on any atom is -0.497 e. The third kappa shape index (κ3) is 3.53. The van der Waals surface area contributed by atoms with Crippen molar-refractivity contribution in [2.45, 2.75) is 24.5 Å². The molecule has 1 aliphatic heterocycles. The van der Waals surface area contributed by atoms with Crippen molar-refractivity contribution >= 4 is 10.0 Å². The number of rotatable bonds is 6. The van der Waals surface area contributed by atoms with Crippen LogP contribution in [0.2, 0.25) is 0 Å². The van der Waals surface area contributed by atoms with Gasteiger partial charge in [0.05, 0.1) is 19.1 Å². The lowest BCUT2D eigenvalue weighted by molar-refractivity contribution is 0.392. The van der Waals surface area contributed by atoms with E-state index < -0.39 is 10.0 Å². The van der Waals surface area contributed by atoms with Crippen LogP contribution in [0.3, 0.4) is 0 Å². The molecule has 3 rings (SSSR count). The van der Waals surface area contributed by atoms with Crippen LogP contribution in [0.4, 0.5) is 0 Å². The summed E-state index contributed by atoms with van der Waals surface area (Å²) in [5, 5.41) is 3.27. The average molecular weight is 348 g/mol. The molecule has 128 valence electrons. The number of methoxy groups -OCH3 is 2. The molecule has 2 aromatic carbocycles. The first-order valence-corrected chi connectivity index (χ1v) is 9.04. The second-order valence-electron chi connectivity index (χ2n) is 5.58. The van der Waals surface area contributed by atoms with Gasteiger partial charge in [0.2, 0.25) is 10.0 Å². The molecule has 2 aromatic rings. The second-order valence-corrected chi connectivity index (χ2v) is 7.35. The van der Waals surface area contributed by atoms with Crippen LogP contribution in [0.5, 0.6) is 11.5 Å². The van der Waals surface area contributed by atoms with Gasteiger partial charge in [-0.05, 0) is 16.7 Å². The van der Waals surface area contributed by atoms with Gasteiger partial charge in [0.25, 0.3) is 0 Å². The highest BCUT2D eigenvalue weighted by atomic mass is 32.2. The van der Waals surface area contributed by atoms with E-state index in [1.54, 1.807) is 6.07 Å². The molecule has 0 spiro atoms. The SMILES string of the molecule is COc1cc(OC)cc(S(=O)(=O)NCc2ccc3c(c2)CNC3)c1. The summed E-state index contributed by atoms with van der Waals surface area (Å²) in [5.74, 6) is 0.858. The molecule has 0 saturated carbocycles. The van der Waals surface area contributed by atoms with E-state index >= 15 is 0 Å². The van der Waals surface area contributed by atoms with Crippen LogP contribution in [-0.2, 0) is 29.7 Å². The summed E-state index contributed by atoms with van der Waals surface area (Å²) < 4.78 is 38.0. The summed E-state index contributed by atoms with van der Waals surface area (Å²) in [6, 6.07) is 10.6. The molecule has 24 heavy (non-hydrogen) atoms. The molecular weight excluding hydrogens is 328 g/mol. The Balaban J connectivity index is 1.79. The lowest BCUT2D eigenvalue weighted by Crippen LogP contribution is -2.23. The van der Waals surface area contributed by atoms with Gasteiger partial charge in [0.1, 0.15) is 11.5 Å². The van der Waals surface area contributed by atoms with Crippen LogP contribution >= 0.6 is 0 Å². The van der Waals surface area contributed by atoms with Gasteiger partial charge in [-0.1, -0.05) is 18.2 Å². The summed E-state index contributed by atoms with van der Waals surface area (Å²) in [6.07, 6.45) is 0. The van der Waals surface area contributed by atoms with Crippen LogP contribution in [0.15, 0.2) is 41.3 Å². The maximum atomic E-state index is 12.5. The maximum absolute atomic E-state index is 12.5. The molecule has 0 aliphatic carbocycles. The summed E-state index contributed by atoms with van der Waals surface area (Å²) in [6.45, 7) is 1.92. The Morgan fingerprint density at radius 2 is 1.67 bits per heavy atom. The van der Waals surface area contributed by atoms with E-state index in [4.69, 9.17) is 9.47 Å². The van der Waals surface area contributed by atoms with Crippen LogP contribution in [0.25, 0.3) is 0 Å². The number of nitrogens with one attached hydrogen (secondary N) is 2. The summed E-state index contributed by atoms with van der Waals surface area (Å²) in [5.41, 5.74) is 3.41. The standard InChI is InChI=1S/C17H20N2O4S/c1-22-15-6-16(23-2)8-17(7-15)24(20,21)19-9-12-3-4-13-10-18-11-14(13)5-12/h3-8,18-19H,9-11H2,1-2H3. The molecule has 0 bridgehead atoms. The van der Waals surface area contributed by atoms with Crippen molar-refractivity contribution in [2.24, 2.45) is 0 Å². The molecule has 0 radical (unpaired) electrons. The van der Waals surface area contributed by atoms with Crippen molar-refractivity contribution in [1.82, 2.24) is 10.0 Å². The van der Waals surface area contributed by atoms with E-state index in [0.717, 1.165) is 18.7 Å². The van der Waals surface area contributed by atoms with Crippen LogP contribution in [0, 0.1) is 0 Å². The zero-order chi connectivity index (χ0) is 17.2. The number of benzene rings is 2. The number of fused-ring (bicyclic) bond motifs is 1. The highest BCUT2D eigenvalue weighted by Gasteiger charge is 2.17. The topological polar surface area (TPSA) is 76.7 Å². The average Bonchev–Trinajstić information content (AvgIpc) is 3.07. The molecule has 2 N–H and O–H groups in total. The van der Waals surface area contributed by atoms with Crippen molar-refractivity contribution in [3.05, 3.63) is 53.1 Å². The molecule has 1 heterocycles. The third-order valence-electron chi connectivity index (χ3n) is 4.00. The van der Waals surface area contributed by atoms with Crippen LogP contribution in [-0.4, -0.2) is 22.6 Å². The Kier molecular flexibility index (Phi) is 4.75. The Morgan fingerprint density at radius 1 is 1.00 bits per heavy atom. The zero-order valence-electron chi connectivity index (χ0n) is 13.6. The minimum atomic E-state index is -3.66. The second kappa shape index (κ2) is 6.80. The van der Waals surface area contributed by atoms with Crippen molar-refractivity contribution in [3.63, 3.8) is 0 Å². The van der Waals surface area contributed by atoms with E-state index in [2.05, 4.69) is 10.0 Å². The minimum absolute atomic E-state index is 0.113. The fourth-order valence-electron chi connectivity index (χ4n) is 2.66. The van der Waals surface area contributed by atoms with Crippen molar-refractivity contribution in [3.8, 4) is 11.5 Å². The fourth-order valence-corrected chi connectivity index (χ4v) is 3.72. The molecule has 0 unspecified atom stereocenters. The van der Waals surface area contributed by atoms with Gasteiger partial charge in [-0.2, -0.15) is 0 Å². The van der Waals surface area contributed by atoms with Crippen molar-refractivity contribution in [2.75, 3.05) is 14.2 Å². The summed E-state index contributed by atoms with van der Waals surface area (Å²) in [4.78, 5) is 0.113. The molecule has 0 saturated heterocycles. The number of hydrogen-bond acceptors (Lipinski definition) is 5. The smallest absolute Gasteiger partial charge is 0.241 e. The lowest BCUT2D eigenvalue weighted by Gasteiger charge is -2.11. The first kappa shape index (κ1) is 16.8. The first-order valence-electron chi connectivity index (χ1n) is 7.56. The lowest BCUT2D eigenvalue weighted by atomic mass is 10.1. The number of sulfonamides is 1. The van der Waals surface area contributed by atoms with Gasteiger partial charge < -0.3 is 14.8 Å².